The van der Waals surface area contributed by atoms with Gasteiger partial charge in [0, 0.05) is 24.0 Å². The normalized spacial score (nSPS) is 16.6. The molecule has 3 aromatic carbocycles. The molecule has 1 aliphatic rings. The minimum absolute atomic E-state index is 0.0740. The number of hydrogen-bond acceptors (Lipinski definition) is 5. The molecule has 9 nitrogen and oxygen atoms in total. The summed E-state index contributed by atoms with van der Waals surface area (Å²) in [6.07, 6.45) is -11.2. The Balaban J connectivity index is 1.76. The Kier molecular flexibility index (Phi) is 8.64. The van der Waals surface area contributed by atoms with Crippen LogP contribution in [0.1, 0.15) is 30.5 Å². The van der Waals surface area contributed by atoms with E-state index in [0.29, 0.717) is 29.2 Å². The van der Waals surface area contributed by atoms with Crippen molar-refractivity contribution in [1.29, 1.82) is 0 Å². The van der Waals surface area contributed by atoms with Crippen LogP contribution in [0.2, 0.25) is 0 Å². The fourth-order valence-corrected chi connectivity index (χ4v) is 4.91. The van der Waals surface area contributed by atoms with Gasteiger partial charge in [0.05, 0.1) is 30.9 Å². The molecule has 236 valence electrons. The molecule has 1 fully saturated rings. The number of ether oxygens (including phenoxy) is 2. The smallest absolute Gasteiger partial charge is 0.416 e. The van der Waals surface area contributed by atoms with E-state index in [2.05, 4.69) is 5.32 Å². The van der Waals surface area contributed by atoms with Crippen LogP contribution in [-0.2, 0) is 18.9 Å². The van der Waals surface area contributed by atoms with Crippen molar-refractivity contribution in [2.75, 3.05) is 24.4 Å². The molecule has 3 aromatic rings. The van der Waals surface area contributed by atoms with Crippen LogP contribution in [0.25, 0.3) is 0 Å². The van der Waals surface area contributed by atoms with Crippen molar-refractivity contribution < 1.29 is 50.6 Å². The first-order valence-electron chi connectivity index (χ1n) is 12.9. The number of alkyl halides is 6. The minimum atomic E-state index is -4.78. The predicted molar refractivity (Wildman–Crippen MR) is 146 cm³/mol. The zero-order chi connectivity index (χ0) is 32.6. The largest absolute Gasteiger partial charge is 0.497 e. The van der Waals surface area contributed by atoms with Gasteiger partial charge in [-0.25, -0.2) is 9.59 Å². The van der Waals surface area contributed by atoms with Gasteiger partial charge in [-0.1, -0.05) is 12.1 Å². The van der Waals surface area contributed by atoms with Crippen LogP contribution < -0.4 is 19.7 Å². The van der Waals surface area contributed by atoms with Gasteiger partial charge in [-0.3, -0.25) is 10.1 Å². The summed E-state index contributed by atoms with van der Waals surface area (Å²) in [5.41, 5.74) is -3.78. The van der Waals surface area contributed by atoms with Crippen molar-refractivity contribution in [2.45, 2.75) is 44.4 Å². The molecule has 0 radical (unpaired) electrons. The average Bonchev–Trinajstić information content (AvgIpc) is 3.16. The van der Waals surface area contributed by atoms with Gasteiger partial charge < -0.3 is 19.7 Å². The van der Waals surface area contributed by atoms with Crippen LogP contribution in [0.15, 0.2) is 66.7 Å². The Morgan fingerprint density at radius 1 is 0.909 bits per heavy atom. The quantitative estimate of drug-likeness (QED) is 0.164. The standard InChI is InChI=1S/C29H28F6N4O5/c1-27(2)24(39(42)25(40)36-20-9-5-7-18(13-20)28(30,31)32)38(21-10-6-8-19(14-21)29(33,34)35)26(41)37(27)16-17-11-22(43-3)15-23(12-17)44-4/h5-15,24,42H,16H2,1-4H3,(H,36,40)/t24-/m0/s1. The number of nitrogens with zero attached hydrogens (tertiary/aromatic N) is 3. The number of hydrogen-bond donors (Lipinski definition) is 2. The Labute approximate surface area is 248 Å². The summed E-state index contributed by atoms with van der Waals surface area (Å²) in [6, 6.07) is 9.96. The van der Waals surface area contributed by atoms with E-state index in [1.807, 2.05) is 0 Å². The van der Waals surface area contributed by atoms with Gasteiger partial charge in [0.1, 0.15) is 11.5 Å². The highest BCUT2D eigenvalue weighted by atomic mass is 19.4. The molecule has 1 saturated heterocycles. The number of benzene rings is 3. The highest BCUT2D eigenvalue weighted by molar-refractivity contribution is 5.98. The lowest BCUT2D eigenvalue weighted by Crippen LogP contribution is -2.58. The number of urea groups is 2. The summed E-state index contributed by atoms with van der Waals surface area (Å²) in [7, 11) is 2.84. The van der Waals surface area contributed by atoms with Gasteiger partial charge in [-0.2, -0.15) is 31.4 Å². The molecule has 0 saturated carbocycles. The lowest BCUT2D eigenvalue weighted by atomic mass is 9.98. The van der Waals surface area contributed by atoms with Crippen LogP contribution in [0, 0.1) is 0 Å². The summed E-state index contributed by atoms with van der Waals surface area (Å²) in [4.78, 5) is 29.2. The van der Waals surface area contributed by atoms with Crippen molar-refractivity contribution >= 4 is 23.4 Å². The zero-order valence-electron chi connectivity index (χ0n) is 23.8. The Hall–Kier alpha value is -4.66. The van der Waals surface area contributed by atoms with E-state index in [1.165, 1.54) is 39.0 Å². The maximum absolute atomic E-state index is 14.0. The first-order valence-corrected chi connectivity index (χ1v) is 12.9. The maximum Gasteiger partial charge on any atom is 0.416 e. The summed E-state index contributed by atoms with van der Waals surface area (Å²) >= 11 is 0. The first kappa shape index (κ1) is 32.3. The molecule has 0 spiro atoms. The zero-order valence-corrected chi connectivity index (χ0v) is 23.8. The Morgan fingerprint density at radius 3 is 2.00 bits per heavy atom. The van der Waals surface area contributed by atoms with E-state index in [0.717, 1.165) is 35.2 Å². The topological polar surface area (TPSA) is 94.6 Å². The summed E-state index contributed by atoms with van der Waals surface area (Å²) < 4.78 is 91.0. The van der Waals surface area contributed by atoms with E-state index in [-0.39, 0.29) is 23.0 Å². The Morgan fingerprint density at radius 2 is 1.45 bits per heavy atom. The van der Waals surface area contributed by atoms with Crippen LogP contribution in [0.3, 0.4) is 0 Å². The fraction of sp³-hybridized carbons (Fsp3) is 0.310. The highest BCUT2D eigenvalue weighted by Crippen LogP contribution is 2.41. The number of rotatable bonds is 7. The van der Waals surface area contributed by atoms with Crippen LogP contribution in [-0.4, -0.2) is 53.2 Å². The molecule has 4 amide bonds. The Bertz CT molecular complexity index is 1520. The van der Waals surface area contributed by atoms with E-state index in [9.17, 15) is 41.1 Å². The highest BCUT2D eigenvalue weighted by Gasteiger charge is 2.56. The van der Waals surface area contributed by atoms with E-state index in [1.54, 1.807) is 18.2 Å². The van der Waals surface area contributed by atoms with E-state index >= 15 is 0 Å². The number of halogens is 6. The van der Waals surface area contributed by atoms with Crippen molar-refractivity contribution in [3.8, 4) is 11.5 Å². The molecular formula is C29H28F6N4O5. The molecule has 2 N–H and O–H groups in total. The number of amides is 4. The van der Waals surface area contributed by atoms with Crippen molar-refractivity contribution in [3.63, 3.8) is 0 Å². The average molecular weight is 627 g/mol. The fourth-order valence-electron chi connectivity index (χ4n) is 4.91. The van der Waals surface area contributed by atoms with E-state index < -0.39 is 47.2 Å². The van der Waals surface area contributed by atoms with Crippen molar-refractivity contribution in [1.82, 2.24) is 9.96 Å². The third-order valence-electron chi connectivity index (χ3n) is 7.09. The molecule has 44 heavy (non-hydrogen) atoms. The second-order valence-electron chi connectivity index (χ2n) is 10.4. The molecular weight excluding hydrogens is 598 g/mol. The molecule has 1 aliphatic heterocycles. The molecule has 4 rings (SSSR count). The first-order chi connectivity index (χ1) is 20.5. The SMILES string of the molecule is COc1cc(CN2C(=O)N(c3cccc(C(F)(F)F)c3)[C@@H](N(O)C(=O)Nc3cccc(C(F)(F)F)c3)C2(C)C)cc(OC)c1. The number of carbonyl (C=O) groups is 2. The predicted octanol–water partition coefficient (Wildman–Crippen LogP) is 7.21. The minimum Gasteiger partial charge on any atom is -0.497 e. The summed E-state index contributed by atoms with van der Waals surface area (Å²) in [5.74, 6) is 0.777. The monoisotopic (exact) mass is 626 g/mol. The van der Waals surface area contributed by atoms with Gasteiger partial charge in [0.15, 0.2) is 6.17 Å². The van der Waals surface area contributed by atoms with Crippen LogP contribution in [0.5, 0.6) is 11.5 Å². The molecule has 15 heteroatoms. The lowest BCUT2D eigenvalue weighted by molar-refractivity contribution is -0.138. The van der Waals surface area contributed by atoms with Gasteiger partial charge in [0.2, 0.25) is 0 Å². The molecule has 0 unspecified atom stereocenters. The number of anilines is 2. The summed E-state index contributed by atoms with van der Waals surface area (Å²) in [6.45, 7) is 2.79. The van der Waals surface area contributed by atoms with Gasteiger partial charge in [-0.05, 0) is 67.9 Å². The molecule has 0 bridgehead atoms. The molecule has 0 aromatic heterocycles. The van der Waals surface area contributed by atoms with Crippen molar-refractivity contribution in [3.05, 3.63) is 83.4 Å². The van der Waals surface area contributed by atoms with Crippen LogP contribution in [0.4, 0.5) is 47.3 Å². The number of methoxy groups -OCH3 is 2. The number of hydroxylamine groups is 2. The number of nitrogens with one attached hydrogen (secondary N) is 1. The van der Waals surface area contributed by atoms with Gasteiger partial charge in [-0.15, -0.1) is 0 Å². The van der Waals surface area contributed by atoms with Gasteiger partial charge >= 0.3 is 24.4 Å². The molecule has 1 heterocycles. The van der Waals surface area contributed by atoms with E-state index in [4.69, 9.17) is 9.47 Å². The number of carbonyl (C=O) groups excluding carboxylic acids is 2. The third-order valence-corrected chi connectivity index (χ3v) is 7.09. The van der Waals surface area contributed by atoms with Crippen LogP contribution >= 0.6 is 0 Å². The molecule has 0 aliphatic carbocycles. The summed E-state index contributed by atoms with van der Waals surface area (Å²) in [5, 5.41) is 13.4. The lowest BCUT2D eigenvalue weighted by Gasteiger charge is -2.38. The third kappa shape index (κ3) is 6.46. The second-order valence-corrected chi connectivity index (χ2v) is 10.4. The maximum atomic E-state index is 14.0. The second kappa shape index (κ2) is 11.8. The molecule has 1 atom stereocenters. The van der Waals surface area contributed by atoms with Crippen molar-refractivity contribution in [2.24, 2.45) is 0 Å². The van der Waals surface area contributed by atoms with Gasteiger partial charge in [0.25, 0.3) is 0 Å².